The summed E-state index contributed by atoms with van der Waals surface area (Å²) < 4.78 is 77.4. The van der Waals surface area contributed by atoms with Crippen LogP contribution in [0.25, 0.3) is 6.08 Å². The van der Waals surface area contributed by atoms with Crippen LogP contribution in [-0.4, -0.2) is 18.8 Å². The maximum atomic E-state index is 14.7. The number of nitrogen functional groups attached to an aromatic ring is 2. The molecule has 0 amide bonds. The van der Waals surface area contributed by atoms with Crippen LogP contribution >= 0.6 is 0 Å². The summed E-state index contributed by atoms with van der Waals surface area (Å²) in [5.41, 5.74) is 14.5. The summed E-state index contributed by atoms with van der Waals surface area (Å²) in [4.78, 5) is 12.6. The second kappa shape index (κ2) is 13.8. The molecule has 10 heteroatoms. The van der Waals surface area contributed by atoms with E-state index < -0.39 is 35.7 Å². The van der Waals surface area contributed by atoms with Gasteiger partial charge in [0, 0.05) is 22.9 Å². The average molecular weight is 625 g/mol. The largest absolute Gasteiger partial charge is 0.462 e. The number of nitrogens with two attached hydrogens (primary N) is 2. The number of ether oxygens (including phenoxy) is 2. The standard InChI is InChI=1S/C35H33F5N2O3/c1-33(20-25-4-13-29(41)14-5-25,21-26-6-15-30(42)16-7-26)23-44-32(43)19-10-24-2-11-28(12-3-24)35(39,40)45-31-17-8-27(9-18-31)22-34(36,37)38/h2-19H,20-23,41-42H2,1H3/b19-10+. The van der Waals surface area contributed by atoms with Crippen LogP contribution in [0.15, 0.2) is 103 Å². The lowest BCUT2D eigenvalue weighted by Crippen LogP contribution is -2.30. The summed E-state index contributed by atoms with van der Waals surface area (Å²) in [7, 11) is 0. The quantitative estimate of drug-likeness (QED) is 0.0719. The Labute approximate surface area is 258 Å². The molecule has 0 radical (unpaired) electrons. The van der Waals surface area contributed by atoms with Gasteiger partial charge >= 0.3 is 18.3 Å². The number of hydrogen-bond donors (Lipinski definition) is 2. The summed E-state index contributed by atoms with van der Waals surface area (Å²) in [5, 5.41) is 0. The Hall–Kier alpha value is -4.86. The van der Waals surface area contributed by atoms with Crippen molar-refractivity contribution < 1.29 is 36.2 Å². The molecule has 0 atom stereocenters. The van der Waals surface area contributed by atoms with E-state index in [2.05, 4.69) is 0 Å². The van der Waals surface area contributed by atoms with Gasteiger partial charge in [0.1, 0.15) is 5.75 Å². The number of carbonyl (C=O) groups is 1. The van der Waals surface area contributed by atoms with Crippen LogP contribution in [0.3, 0.4) is 0 Å². The lowest BCUT2D eigenvalue weighted by molar-refractivity contribution is -0.185. The zero-order chi connectivity index (χ0) is 32.7. The van der Waals surface area contributed by atoms with Gasteiger partial charge in [-0.05, 0) is 89.7 Å². The highest BCUT2D eigenvalue weighted by Gasteiger charge is 2.35. The fourth-order valence-electron chi connectivity index (χ4n) is 4.78. The van der Waals surface area contributed by atoms with Crippen LogP contribution in [0.1, 0.15) is 34.7 Å². The van der Waals surface area contributed by atoms with Crippen molar-refractivity contribution in [3.8, 4) is 5.75 Å². The van der Waals surface area contributed by atoms with Crippen molar-refractivity contribution in [2.24, 2.45) is 5.41 Å². The predicted molar refractivity (Wildman–Crippen MR) is 164 cm³/mol. The molecule has 0 aliphatic carbocycles. The van der Waals surface area contributed by atoms with Crippen molar-refractivity contribution >= 4 is 23.4 Å². The lowest BCUT2D eigenvalue weighted by atomic mass is 9.79. The molecule has 0 fully saturated rings. The number of anilines is 2. The third kappa shape index (κ3) is 10.4. The van der Waals surface area contributed by atoms with Crippen LogP contribution in [0.5, 0.6) is 5.75 Å². The van der Waals surface area contributed by atoms with Gasteiger partial charge in [-0.15, -0.1) is 0 Å². The summed E-state index contributed by atoms with van der Waals surface area (Å²) in [6.07, 6.45) is -5.42. The van der Waals surface area contributed by atoms with E-state index in [4.69, 9.17) is 20.9 Å². The molecule has 45 heavy (non-hydrogen) atoms. The molecule has 0 aromatic heterocycles. The van der Waals surface area contributed by atoms with Gasteiger partial charge in [-0.25, -0.2) is 4.79 Å². The van der Waals surface area contributed by atoms with Crippen molar-refractivity contribution in [1.82, 2.24) is 0 Å². The second-order valence-corrected chi connectivity index (χ2v) is 11.3. The fraction of sp³-hybridized carbons (Fsp3) is 0.229. The summed E-state index contributed by atoms with van der Waals surface area (Å²) in [6, 6.07) is 24.4. The first-order valence-electron chi connectivity index (χ1n) is 14.0. The van der Waals surface area contributed by atoms with Gasteiger partial charge in [0.05, 0.1) is 18.6 Å². The minimum atomic E-state index is -4.41. The molecule has 4 aromatic rings. The van der Waals surface area contributed by atoms with E-state index in [-0.39, 0.29) is 17.9 Å². The number of esters is 1. The third-order valence-electron chi connectivity index (χ3n) is 7.02. The number of benzene rings is 4. The van der Waals surface area contributed by atoms with Gasteiger partial charge in [-0.3, -0.25) is 0 Å². The summed E-state index contributed by atoms with van der Waals surface area (Å²) >= 11 is 0. The van der Waals surface area contributed by atoms with Crippen LogP contribution in [-0.2, 0) is 34.9 Å². The fourth-order valence-corrected chi connectivity index (χ4v) is 4.78. The molecular formula is C35H33F5N2O3. The van der Waals surface area contributed by atoms with Crippen LogP contribution < -0.4 is 16.2 Å². The summed E-state index contributed by atoms with van der Waals surface area (Å²) in [5.74, 6) is -0.875. The first kappa shape index (κ1) is 33.0. The molecule has 0 heterocycles. The van der Waals surface area contributed by atoms with E-state index in [9.17, 15) is 26.7 Å². The zero-order valence-electron chi connectivity index (χ0n) is 24.5. The molecule has 0 aliphatic heterocycles. The average Bonchev–Trinajstić information content (AvgIpc) is 2.98. The highest BCUT2D eigenvalue weighted by atomic mass is 19.4. The van der Waals surface area contributed by atoms with Crippen molar-refractivity contribution in [2.45, 2.75) is 38.5 Å². The molecule has 0 saturated carbocycles. The smallest absolute Gasteiger partial charge is 0.426 e. The molecule has 0 bridgehead atoms. The minimum Gasteiger partial charge on any atom is -0.462 e. The number of halogens is 5. The number of carbonyl (C=O) groups excluding carboxylic acids is 1. The van der Waals surface area contributed by atoms with Crippen molar-refractivity contribution in [1.29, 1.82) is 0 Å². The molecular weight excluding hydrogens is 591 g/mol. The predicted octanol–water partition coefficient (Wildman–Crippen LogP) is 8.13. The van der Waals surface area contributed by atoms with Crippen molar-refractivity contribution in [2.75, 3.05) is 18.1 Å². The molecule has 0 aliphatic rings. The maximum Gasteiger partial charge on any atom is 0.426 e. The highest BCUT2D eigenvalue weighted by Crippen LogP contribution is 2.33. The van der Waals surface area contributed by atoms with E-state index in [1.165, 1.54) is 24.3 Å². The van der Waals surface area contributed by atoms with Crippen LogP contribution in [0.2, 0.25) is 0 Å². The topological polar surface area (TPSA) is 87.6 Å². The number of hydrogen-bond acceptors (Lipinski definition) is 5. The summed E-state index contributed by atoms with van der Waals surface area (Å²) in [6.45, 7) is 2.14. The van der Waals surface area contributed by atoms with Crippen molar-refractivity contribution in [3.05, 3.63) is 131 Å². The van der Waals surface area contributed by atoms with E-state index >= 15 is 0 Å². The molecule has 0 spiro atoms. The second-order valence-electron chi connectivity index (χ2n) is 11.3. The van der Waals surface area contributed by atoms with Crippen molar-refractivity contribution in [3.63, 3.8) is 0 Å². The minimum absolute atomic E-state index is 0.0685. The van der Waals surface area contributed by atoms with E-state index in [0.717, 1.165) is 47.5 Å². The van der Waals surface area contributed by atoms with Gasteiger partial charge in [0.25, 0.3) is 0 Å². The zero-order valence-corrected chi connectivity index (χ0v) is 24.5. The first-order valence-corrected chi connectivity index (χ1v) is 14.0. The van der Waals surface area contributed by atoms with Gasteiger partial charge < -0.3 is 20.9 Å². The molecule has 0 unspecified atom stereocenters. The van der Waals surface area contributed by atoms with E-state index in [1.54, 1.807) is 0 Å². The monoisotopic (exact) mass is 624 g/mol. The lowest BCUT2D eigenvalue weighted by Gasteiger charge is -2.29. The first-order chi connectivity index (χ1) is 21.2. The SMILES string of the molecule is CC(COC(=O)/C=C/c1ccc(C(F)(F)Oc2ccc(CC(F)(F)F)cc2)cc1)(Cc1ccc(N)cc1)Cc1ccc(N)cc1. The molecule has 236 valence electrons. The Morgan fingerprint density at radius 3 is 1.64 bits per heavy atom. The van der Waals surface area contributed by atoms with Gasteiger partial charge in [-0.2, -0.15) is 22.0 Å². The highest BCUT2D eigenvalue weighted by molar-refractivity contribution is 5.87. The number of rotatable bonds is 12. The van der Waals surface area contributed by atoms with Crippen LogP contribution in [0, 0.1) is 5.41 Å². The maximum absolute atomic E-state index is 14.7. The Kier molecular flexibility index (Phi) is 10.2. The van der Waals surface area contributed by atoms with E-state index in [1.807, 2.05) is 55.5 Å². The Morgan fingerprint density at radius 2 is 1.16 bits per heavy atom. The van der Waals surface area contributed by atoms with Gasteiger partial charge in [0.15, 0.2) is 0 Å². The Morgan fingerprint density at radius 1 is 0.689 bits per heavy atom. The van der Waals surface area contributed by atoms with Gasteiger partial charge in [-0.1, -0.05) is 55.5 Å². The van der Waals surface area contributed by atoms with Gasteiger partial charge in [0.2, 0.25) is 0 Å². The third-order valence-corrected chi connectivity index (χ3v) is 7.02. The molecule has 0 saturated heterocycles. The Bertz CT molecular complexity index is 1540. The normalized spacial score (nSPS) is 12.3. The molecule has 5 nitrogen and oxygen atoms in total. The van der Waals surface area contributed by atoms with E-state index in [0.29, 0.717) is 29.8 Å². The molecule has 4 rings (SSSR count). The molecule has 4 N–H and O–H groups in total. The van der Waals surface area contributed by atoms with Crippen LogP contribution in [0.4, 0.5) is 33.3 Å². The Balaban J connectivity index is 1.36. The molecule has 4 aromatic carbocycles. The number of alkyl halides is 5.